The van der Waals surface area contributed by atoms with Crippen LogP contribution in [0.15, 0.2) is 48.7 Å². The molecule has 0 bridgehead atoms. The van der Waals surface area contributed by atoms with Crippen LogP contribution in [0, 0.1) is 0 Å². The van der Waals surface area contributed by atoms with Gasteiger partial charge in [0.05, 0.1) is 5.69 Å². The monoisotopic (exact) mass is 375 g/mol. The lowest BCUT2D eigenvalue weighted by Crippen LogP contribution is -2.47. The minimum absolute atomic E-state index is 0.00599. The van der Waals surface area contributed by atoms with Gasteiger partial charge in [-0.25, -0.2) is 0 Å². The summed E-state index contributed by atoms with van der Waals surface area (Å²) >= 11 is 12.1. The number of hydrogen-bond donors (Lipinski definition) is 0. The van der Waals surface area contributed by atoms with E-state index < -0.39 is 0 Å². The van der Waals surface area contributed by atoms with Crippen LogP contribution in [0.4, 0.5) is 0 Å². The van der Waals surface area contributed by atoms with Crippen molar-refractivity contribution in [3.63, 3.8) is 0 Å². The molecule has 0 aliphatic carbocycles. The molecule has 25 heavy (non-hydrogen) atoms. The van der Waals surface area contributed by atoms with Crippen LogP contribution in [0.2, 0.25) is 10.0 Å². The minimum Gasteiger partial charge on any atom is -0.337 e. The van der Waals surface area contributed by atoms with Gasteiger partial charge in [0, 0.05) is 55.0 Å². The molecule has 0 unspecified atom stereocenters. The fourth-order valence-electron chi connectivity index (χ4n) is 2.76. The maximum absolute atomic E-state index is 12.4. The fraction of sp³-hybridized carbons (Fsp3) is 0.263. The zero-order valence-corrected chi connectivity index (χ0v) is 15.2. The van der Waals surface area contributed by atoms with E-state index in [1.54, 1.807) is 36.5 Å². The molecule has 0 N–H and O–H groups in total. The van der Waals surface area contributed by atoms with Crippen LogP contribution in [-0.2, 0) is 11.3 Å². The molecule has 130 valence electrons. The Morgan fingerprint density at radius 2 is 1.92 bits per heavy atom. The van der Waals surface area contributed by atoms with Gasteiger partial charge in [0.2, 0.25) is 5.91 Å². The van der Waals surface area contributed by atoms with Gasteiger partial charge in [-0.3, -0.25) is 14.7 Å². The summed E-state index contributed by atoms with van der Waals surface area (Å²) in [4.78, 5) is 20.9. The summed E-state index contributed by atoms with van der Waals surface area (Å²) in [6, 6.07) is 11.1. The van der Waals surface area contributed by atoms with Crippen LogP contribution in [0.1, 0.15) is 11.3 Å². The van der Waals surface area contributed by atoms with Crippen LogP contribution < -0.4 is 0 Å². The lowest BCUT2D eigenvalue weighted by molar-refractivity contribution is -0.127. The van der Waals surface area contributed by atoms with Gasteiger partial charge < -0.3 is 4.90 Å². The molecule has 6 heteroatoms. The largest absolute Gasteiger partial charge is 0.337 e. The van der Waals surface area contributed by atoms with Crippen molar-refractivity contribution in [2.75, 3.05) is 26.2 Å². The Morgan fingerprint density at radius 1 is 1.12 bits per heavy atom. The minimum atomic E-state index is -0.00599. The number of carbonyl (C=O) groups is 1. The van der Waals surface area contributed by atoms with Gasteiger partial charge in [0.1, 0.15) is 0 Å². The van der Waals surface area contributed by atoms with Crippen molar-refractivity contribution in [1.29, 1.82) is 0 Å². The molecule has 4 nitrogen and oxygen atoms in total. The van der Waals surface area contributed by atoms with Crippen LogP contribution in [0.25, 0.3) is 6.08 Å². The summed E-state index contributed by atoms with van der Waals surface area (Å²) in [7, 11) is 0. The highest BCUT2D eigenvalue weighted by Crippen LogP contribution is 2.22. The maximum Gasteiger partial charge on any atom is 0.246 e. The predicted molar refractivity (Wildman–Crippen MR) is 102 cm³/mol. The molecule has 1 aliphatic heterocycles. The normalized spacial score (nSPS) is 15.7. The number of benzene rings is 1. The van der Waals surface area contributed by atoms with E-state index in [9.17, 15) is 4.79 Å². The Balaban J connectivity index is 1.53. The van der Waals surface area contributed by atoms with Gasteiger partial charge in [-0.05, 0) is 42.0 Å². The second-order valence-corrected chi connectivity index (χ2v) is 6.77. The van der Waals surface area contributed by atoms with Gasteiger partial charge in [0.25, 0.3) is 0 Å². The third-order valence-electron chi connectivity index (χ3n) is 4.16. The predicted octanol–water partition coefficient (Wildman–Crippen LogP) is 3.75. The second kappa shape index (κ2) is 8.48. The van der Waals surface area contributed by atoms with Gasteiger partial charge in [-0.2, -0.15) is 0 Å². The van der Waals surface area contributed by atoms with Crippen molar-refractivity contribution in [3.8, 4) is 0 Å². The third kappa shape index (κ3) is 5.05. The van der Waals surface area contributed by atoms with E-state index in [1.807, 2.05) is 23.1 Å². The summed E-state index contributed by atoms with van der Waals surface area (Å²) < 4.78 is 0. The average Bonchev–Trinajstić information content (AvgIpc) is 2.64. The molecule has 0 atom stereocenters. The first-order valence-corrected chi connectivity index (χ1v) is 8.92. The summed E-state index contributed by atoms with van der Waals surface area (Å²) in [5.41, 5.74) is 1.80. The molecule has 3 rings (SSSR count). The molecule has 0 saturated carbocycles. The summed E-state index contributed by atoms with van der Waals surface area (Å²) in [6.07, 6.45) is 5.09. The fourth-order valence-corrected chi connectivity index (χ4v) is 3.12. The van der Waals surface area contributed by atoms with E-state index >= 15 is 0 Å². The average molecular weight is 376 g/mol. The number of piperazine rings is 1. The van der Waals surface area contributed by atoms with Gasteiger partial charge in [-0.1, -0.05) is 29.3 Å². The molecule has 1 aromatic carbocycles. The van der Waals surface area contributed by atoms with Crippen LogP contribution in [0.5, 0.6) is 0 Å². The Kier molecular flexibility index (Phi) is 6.08. The van der Waals surface area contributed by atoms with Gasteiger partial charge in [-0.15, -0.1) is 0 Å². The van der Waals surface area contributed by atoms with E-state index in [-0.39, 0.29) is 5.91 Å². The van der Waals surface area contributed by atoms with Crippen LogP contribution in [-0.4, -0.2) is 46.9 Å². The second-order valence-electron chi connectivity index (χ2n) is 5.92. The van der Waals surface area contributed by atoms with Crippen molar-refractivity contribution in [1.82, 2.24) is 14.8 Å². The summed E-state index contributed by atoms with van der Waals surface area (Å²) in [6.45, 7) is 3.91. The first-order chi connectivity index (χ1) is 12.1. The van der Waals surface area contributed by atoms with Crippen molar-refractivity contribution in [2.45, 2.75) is 6.54 Å². The van der Waals surface area contributed by atoms with Crippen LogP contribution >= 0.6 is 23.2 Å². The molecule has 1 amide bonds. The highest BCUT2D eigenvalue weighted by molar-refractivity contribution is 6.34. The molecule has 0 radical (unpaired) electrons. The highest BCUT2D eigenvalue weighted by Gasteiger charge is 2.19. The van der Waals surface area contributed by atoms with Gasteiger partial charge in [0.15, 0.2) is 0 Å². The van der Waals surface area contributed by atoms with E-state index in [4.69, 9.17) is 23.2 Å². The van der Waals surface area contributed by atoms with Crippen molar-refractivity contribution in [2.24, 2.45) is 0 Å². The smallest absolute Gasteiger partial charge is 0.246 e. The first kappa shape index (κ1) is 17.9. The number of hydrogen-bond acceptors (Lipinski definition) is 3. The molecular weight excluding hydrogens is 357 g/mol. The standard InChI is InChI=1S/C19H19Cl2N3O/c20-16-5-6-18(21)15(13-16)4-7-19(25)24-11-9-23(10-12-24)14-17-3-1-2-8-22-17/h1-8,13H,9-12,14H2/b7-4+. The molecule has 2 aromatic rings. The number of rotatable bonds is 4. The van der Waals surface area contributed by atoms with E-state index in [2.05, 4.69) is 9.88 Å². The Morgan fingerprint density at radius 3 is 2.64 bits per heavy atom. The van der Waals surface area contributed by atoms with Crippen molar-refractivity contribution < 1.29 is 4.79 Å². The van der Waals surface area contributed by atoms with Crippen molar-refractivity contribution in [3.05, 3.63) is 70.0 Å². The molecule has 2 heterocycles. The number of carbonyl (C=O) groups excluding carboxylic acids is 1. The Labute approximate surface area is 157 Å². The zero-order chi connectivity index (χ0) is 17.6. The molecule has 1 saturated heterocycles. The first-order valence-electron chi connectivity index (χ1n) is 8.16. The Hall–Kier alpha value is -1.88. The molecule has 1 fully saturated rings. The molecule has 1 aliphatic rings. The van der Waals surface area contributed by atoms with E-state index in [1.165, 1.54) is 0 Å². The van der Waals surface area contributed by atoms with Crippen molar-refractivity contribution >= 4 is 35.2 Å². The maximum atomic E-state index is 12.4. The number of amides is 1. The molecule has 1 aromatic heterocycles. The number of aromatic nitrogens is 1. The third-order valence-corrected chi connectivity index (χ3v) is 4.74. The summed E-state index contributed by atoms with van der Waals surface area (Å²) in [5, 5.41) is 1.17. The van der Waals surface area contributed by atoms with E-state index in [0.29, 0.717) is 23.1 Å². The number of halogens is 2. The number of pyridine rings is 1. The Bertz CT molecular complexity index is 757. The molecular formula is C19H19Cl2N3O. The molecule has 0 spiro atoms. The van der Waals surface area contributed by atoms with Gasteiger partial charge >= 0.3 is 0 Å². The quantitative estimate of drug-likeness (QED) is 0.763. The lowest BCUT2D eigenvalue weighted by atomic mass is 10.2. The highest BCUT2D eigenvalue weighted by atomic mass is 35.5. The SMILES string of the molecule is O=C(/C=C/c1cc(Cl)ccc1Cl)N1CCN(Cc2ccccn2)CC1. The van der Waals surface area contributed by atoms with E-state index in [0.717, 1.165) is 30.9 Å². The number of nitrogens with zero attached hydrogens (tertiary/aromatic N) is 3. The summed E-state index contributed by atoms with van der Waals surface area (Å²) in [5.74, 6) is -0.00599. The topological polar surface area (TPSA) is 36.4 Å². The van der Waals surface area contributed by atoms with Crippen LogP contribution in [0.3, 0.4) is 0 Å². The zero-order valence-electron chi connectivity index (χ0n) is 13.7. The lowest BCUT2D eigenvalue weighted by Gasteiger charge is -2.34.